The lowest BCUT2D eigenvalue weighted by molar-refractivity contribution is -0.191. The van der Waals surface area contributed by atoms with Crippen LogP contribution in [-0.2, 0) is 16.0 Å². The van der Waals surface area contributed by atoms with Gasteiger partial charge >= 0.3 is 0 Å². The van der Waals surface area contributed by atoms with Crippen molar-refractivity contribution in [3.63, 3.8) is 0 Å². The zero-order valence-electron chi connectivity index (χ0n) is 16.5. The molecule has 1 aliphatic carbocycles. The van der Waals surface area contributed by atoms with Crippen molar-refractivity contribution >= 4 is 5.96 Å². The van der Waals surface area contributed by atoms with Crippen molar-refractivity contribution in [2.24, 2.45) is 16.6 Å². The lowest BCUT2D eigenvalue weighted by Gasteiger charge is -2.34. The van der Waals surface area contributed by atoms with E-state index in [4.69, 9.17) is 24.7 Å². The summed E-state index contributed by atoms with van der Waals surface area (Å²) in [6.45, 7) is 3.95. The Kier molecular flexibility index (Phi) is 6.44. The Morgan fingerprint density at radius 1 is 1.26 bits per heavy atom. The molecule has 7 nitrogen and oxygen atoms in total. The van der Waals surface area contributed by atoms with Crippen LogP contribution in [0.25, 0.3) is 0 Å². The van der Waals surface area contributed by atoms with E-state index >= 15 is 0 Å². The molecule has 1 unspecified atom stereocenters. The number of benzene rings is 1. The second-order valence-corrected chi connectivity index (χ2v) is 7.42. The number of guanidine groups is 1. The van der Waals surface area contributed by atoms with Crippen LogP contribution in [0.2, 0.25) is 0 Å². The van der Waals surface area contributed by atoms with E-state index in [2.05, 4.69) is 17.2 Å². The standard InChI is InChI=1S/C20H31N3O4/c1-14-6-8-20(9-7-14)26-13-16(27-20)12-23-19(21)22-11-15-4-5-17(24-2)18(10-15)25-3/h4-5,10,14,16H,6-9,11-13H2,1-3H3,(H3,21,22,23). The minimum absolute atomic E-state index is 0.00763. The fourth-order valence-electron chi connectivity index (χ4n) is 3.61. The van der Waals surface area contributed by atoms with Crippen LogP contribution in [0.15, 0.2) is 23.2 Å². The number of hydrogen-bond donors (Lipinski definition) is 2. The first-order valence-corrected chi connectivity index (χ1v) is 9.60. The highest BCUT2D eigenvalue weighted by Crippen LogP contribution is 2.39. The molecule has 7 heteroatoms. The van der Waals surface area contributed by atoms with E-state index in [1.165, 1.54) is 0 Å². The SMILES string of the molecule is COc1ccc(CN=C(N)NCC2COC3(CCC(C)CC3)O2)cc1OC. The van der Waals surface area contributed by atoms with Gasteiger partial charge in [-0.15, -0.1) is 0 Å². The van der Waals surface area contributed by atoms with Crippen molar-refractivity contribution in [2.45, 2.75) is 51.0 Å². The monoisotopic (exact) mass is 377 g/mol. The van der Waals surface area contributed by atoms with Crippen LogP contribution in [0.3, 0.4) is 0 Å². The van der Waals surface area contributed by atoms with Gasteiger partial charge in [-0.25, -0.2) is 4.99 Å². The van der Waals surface area contributed by atoms with Crippen LogP contribution in [0, 0.1) is 5.92 Å². The largest absolute Gasteiger partial charge is 0.493 e. The third-order valence-electron chi connectivity index (χ3n) is 5.34. The lowest BCUT2D eigenvalue weighted by atomic mass is 9.86. The number of hydrogen-bond acceptors (Lipinski definition) is 5. The molecule has 1 heterocycles. The third-order valence-corrected chi connectivity index (χ3v) is 5.34. The molecule has 27 heavy (non-hydrogen) atoms. The second kappa shape index (κ2) is 8.80. The molecule has 1 saturated heterocycles. The highest BCUT2D eigenvalue weighted by molar-refractivity contribution is 5.77. The van der Waals surface area contributed by atoms with E-state index in [-0.39, 0.29) is 11.9 Å². The van der Waals surface area contributed by atoms with E-state index in [1.807, 2.05) is 18.2 Å². The van der Waals surface area contributed by atoms with Crippen LogP contribution >= 0.6 is 0 Å². The van der Waals surface area contributed by atoms with Crippen molar-refractivity contribution < 1.29 is 18.9 Å². The maximum absolute atomic E-state index is 6.18. The Hall–Kier alpha value is -1.99. The zero-order chi connectivity index (χ0) is 19.3. The number of ether oxygens (including phenoxy) is 4. The normalized spacial score (nSPS) is 28.3. The van der Waals surface area contributed by atoms with Crippen LogP contribution in [0.4, 0.5) is 0 Å². The Bertz CT molecular complexity index is 657. The van der Waals surface area contributed by atoms with E-state index in [0.717, 1.165) is 37.2 Å². The van der Waals surface area contributed by atoms with Crippen LogP contribution < -0.4 is 20.5 Å². The Balaban J connectivity index is 1.46. The van der Waals surface area contributed by atoms with Gasteiger partial charge in [0.1, 0.15) is 6.10 Å². The molecule has 1 aromatic rings. The maximum atomic E-state index is 6.18. The molecule has 1 saturated carbocycles. The minimum atomic E-state index is -0.371. The quantitative estimate of drug-likeness (QED) is 0.585. The van der Waals surface area contributed by atoms with Crippen molar-refractivity contribution in [1.82, 2.24) is 5.32 Å². The summed E-state index contributed by atoms with van der Waals surface area (Å²) in [5, 5.41) is 3.14. The Labute approximate surface area is 161 Å². The summed E-state index contributed by atoms with van der Waals surface area (Å²) < 4.78 is 22.7. The van der Waals surface area contributed by atoms with E-state index in [1.54, 1.807) is 14.2 Å². The van der Waals surface area contributed by atoms with Gasteiger partial charge in [-0.3, -0.25) is 0 Å². The first-order valence-electron chi connectivity index (χ1n) is 9.60. The molecule has 1 atom stereocenters. The van der Waals surface area contributed by atoms with Gasteiger partial charge in [0.25, 0.3) is 0 Å². The number of aliphatic imine (C=N–C) groups is 1. The number of nitrogens with one attached hydrogen (secondary N) is 1. The molecule has 0 amide bonds. The van der Waals surface area contributed by atoms with Gasteiger partial charge in [0.2, 0.25) is 0 Å². The Morgan fingerprint density at radius 3 is 2.70 bits per heavy atom. The molecule has 2 aliphatic rings. The molecule has 0 aromatic heterocycles. The van der Waals surface area contributed by atoms with E-state index in [9.17, 15) is 0 Å². The molecular formula is C20H31N3O4. The predicted octanol–water partition coefficient (Wildman–Crippen LogP) is 2.43. The summed E-state index contributed by atoms with van der Waals surface area (Å²) in [4.78, 5) is 4.39. The summed E-state index contributed by atoms with van der Waals surface area (Å²) in [5.74, 6) is 2.16. The van der Waals surface area contributed by atoms with Gasteiger partial charge in [-0.1, -0.05) is 13.0 Å². The maximum Gasteiger partial charge on any atom is 0.189 e. The second-order valence-electron chi connectivity index (χ2n) is 7.42. The fourth-order valence-corrected chi connectivity index (χ4v) is 3.61. The molecule has 1 aromatic carbocycles. The minimum Gasteiger partial charge on any atom is -0.493 e. The van der Waals surface area contributed by atoms with Crippen molar-refractivity contribution in [3.8, 4) is 11.5 Å². The average Bonchev–Trinajstić information content (AvgIpc) is 3.09. The highest BCUT2D eigenvalue weighted by atomic mass is 16.7. The molecule has 0 bridgehead atoms. The molecule has 3 rings (SSSR count). The number of rotatable bonds is 6. The van der Waals surface area contributed by atoms with Gasteiger partial charge in [0, 0.05) is 19.4 Å². The Morgan fingerprint density at radius 2 is 2.00 bits per heavy atom. The summed E-state index contributed by atoms with van der Waals surface area (Å²) in [5.41, 5.74) is 6.99. The average molecular weight is 377 g/mol. The molecule has 150 valence electrons. The van der Waals surface area contributed by atoms with Crippen molar-refractivity contribution in [3.05, 3.63) is 23.8 Å². The van der Waals surface area contributed by atoms with Crippen LogP contribution in [0.1, 0.15) is 38.2 Å². The summed E-state index contributed by atoms with van der Waals surface area (Å²) in [6.07, 6.45) is 4.29. The van der Waals surface area contributed by atoms with Gasteiger partial charge in [-0.05, 0) is 36.5 Å². The number of nitrogens with two attached hydrogens (primary N) is 1. The van der Waals surface area contributed by atoms with E-state index in [0.29, 0.717) is 37.2 Å². The highest BCUT2D eigenvalue weighted by Gasteiger charge is 2.43. The fraction of sp³-hybridized carbons (Fsp3) is 0.650. The topological polar surface area (TPSA) is 87.3 Å². The molecule has 3 N–H and O–H groups in total. The first kappa shape index (κ1) is 19.8. The van der Waals surface area contributed by atoms with Gasteiger partial charge in [0.05, 0.1) is 27.4 Å². The number of methoxy groups -OCH3 is 2. The first-order chi connectivity index (χ1) is 13.0. The predicted molar refractivity (Wildman–Crippen MR) is 104 cm³/mol. The van der Waals surface area contributed by atoms with Crippen molar-refractivity contribution in [2.75, 3.05) is 27.4 Å². The molecule has 2 fully saturated rings. The van der Waals surface area contributed by atoms with Gasteiger partial charge < -0.3 is 30.0 Å². The summed E-state index contributed by atoms with van der Waals surface area (Å²) >= 11 is 0. The molecular weight excluding hydrogens is 346 g/mol. The number of nitrogens with zero attached hydrogens (tertiary/aromatic N) is 1. The van der Waals surface area contributed by atoms with Gasteiger partial charge in [-0.2, -0.15) is 0 Å². The lowest BCUT2D eigenvalue weighted by Crippen LogP contribution is -2.40. The molecule has 1 aliphatic heterocycles. The summed E-state index contributed by atoms with van der Waals surface area (Å²) in [7, 11) is 3.23. The summed E-state index contributed by atoms with van der Waals surface area (Å²) in [6, 6.07) is 5.71. The zero-order valence-corrected chi connectivity index (χ0v) is 16.5. The van der Waals surface area contributed by atoms with Crippen LogP contribution in [-0.4, -0.2) is 45.2 Å². The smallest absolute Gasteiger partial charge is 0.189 e. The molecule has 1 spiro atoms. The van der Waals surface area contributed by atoms with E-state index < -0.39 is 0 Å². The molecule has 0 radical (unpaired) electrons. The third kappa shape index (κ3) is 5.05. The van der Waals surface area contributed by atoms with Crippen molar-refractivity contribution in [1.29, 1.82) is 0 Å². The van der Waals surface area contributed by atoms with Gasteiger partial charge in [0.15, 0.2) is 23.2 Å². The van der Waals surface area contributed by atoms with Crippen LogP contribution in [0.5, 0.6) is 11.5 Å².